The van der Waals surface area contributed by atoms with Gasteiger partial charge in [0.15, 0.2) is 0 Å². The molecule has 0 unspecified atom stereocenters. The first kappa shape index (κ1) is 9.75. The maximum absolute atomic E-state index is 9.81. The molecule has 0 amide bonds. The lowest BCUT2D eigenvalue weighted by Crippen LogP contribution is -1.72. The molecule has 0 saturated heterocycles. The maximum atomic E-state index is 9.81. The van der Waals surface area contributed by atoms with E-state index in [0.717, 1.165) is 6.29 Å². The number of aldehydes is 1. The summed E-state index contributed by atoms with van der Waals surface area (Å²) in [6.45, 7) is -0.115. The maximum Gasteiger partial charge on any atom is 0.120 e. The van der Waals surface area contributed by atoms with Gasteiger partial charge in [-0.15, -0.1) is 5.92 Å². The normalized spacial score (nSPS) is 7.00. The Hall–Kier alpha value is -1.25. The molecule has 0 radical (unpaired) electrons. The van der Waals surface area contributed by atoms with Gasteiger partial charge in [-0.05, 0) is 0 Å². The van der Waals surface area contributed by atoms with Crippen molar-refractivity contribution >= 4 is 6.29 Å². The van der Waals surface area contributed by atoms with Crippen molar-refractivity contribution in [1.29, 1.82) is 0 Å². The SMILES string of the molecule is O=CCCC#CCC#CCO. The second kappa shape index (κ2) is 8.75. The Morgan fingerprint density at radius 3 is 2.55 bits per heavy atom. The molecule has 58 valence electrons. The summed E-state index contributed by atoms with van der Waals surface area (Å²) in [5.74, 6) is 10.7. The minimum atomic E-state index is -0.115. The van der Waals surface area contributed by atoms with Gasteiger partial charge < -0.3 is 9.90 Å². The Bertz CT molecular complexity index is 209. The van der Waals surface area contributed by atoms with Gasteiger partial charge in [-0.1, -0.05) is 17.8 Å². The largest absolute Gasteiger partial charge is 0.384 e. The Balaban J connectivity index is 3.32. The van der Waals surface area contributed by atoms with E-state index in [1.807, 2.05) is 0 Å². The highest BCUT2D eigenvalue weighted by atomic mass is 16.2. The van der Waals surface area contributed by atoms with Gasteiger partial charge in [0.1, 0.15) is 12.9 Å². The molecule has 0 aliphatic heterocycles. The van der Waals surface area contributed by atoms with E-state index in [1.54, 1.807) is 0 Å². The number of carbonyl (C=O) groups excluding carboxylic acids is 1. The standard InChI is InChI=1S/C9H10O2/c10-8-6-4-2-1-3-5-7-9-11/h9-10H,2,5,7-8H2. The predicted molar refractivity (Wildman–Crippen MR) is 42.6 cm³/mol. The van der Waals surface area contributed by atoms with Gasteiger partial charge in [0.25, 0.3) is 0 Å². The highest BCUT2D eigenvalue weighted by Crippen LogP contribution is 1.80. The first-order valence-corrected chi connectivity index (χ1v) is 3.37. The summed E-state index contributed by atoms with van der Waals surface area (Å²) < 4.78 is 0. The summed E-state index contributed by atoms with van der Waals surface area (Å²) in [6, 6.07) is 0. The molecule has 0 rings (SSSR count). The van der Waals surface area contributed by atoms with Gasteiger partial charge in [-0.3, -0.25) is 0 Å². The first-order valence-electron chi connectivity index (χ1n) is 3.37. The number of unbranched alkanes of at least 4 members (excludes halogenated alkanes) is 1. The molecule has 0 spiro atoms. The third-order valence-corrected chi connectivity index (χ3v) is 0.893. The molecule has 0 aromatic rings. The minimum Gasteiger partial charge on any atom is -0.384 e. The predicted octanol–water partition coefficient (Wildman–Crippen LogP) is 0.355. The summed E-state index contributed by atoms with van der Waals surface area (Å²) in [6.07, 6.45) is 2.40. The van der Waals surface area contributed by atoms with Crippen LogP contribution in [0.1, 0.15) is 19.3 Å². The lowest BCUT2D eigenvalue weighted by Gasteiger charge is -1.75. The first-order chi connectivity index (χ1) is 5.41. The highest BCUT2D eigenvalue weighted by Gasteiger charge is 1.74. The lowest BCUT2D eigenvalue weighted by atomic mass is 10.3. The van der Waals surface area contributed by atoms with Gasteiger partial charge in [0, 0.05) is 12.8 Å². The molecule has 0 aliphatic rings. The van der Waals surface area contributed by atoms with Crippen LogP contribution >= 0.6 is 0 Å². The number of hydrogen-bond acceptors (Lipinski definition) is 2. The molecule has 2 nitrogen and oxygen atoms in total. The molecule has 1 N–H and O–H groups in total. The van der Waals surface area contributed by atoms with Gasteiger partial charge in [-0.25, -0.2) is 0 Å². The highest BCUT2D eigenvalue weighted by molar-refractivity contribution is 5.49. The van der Waals surface area contributed by atoms with Crippen molar-refractivity contribution in [1.82, 2.24) is 0 Å². The van der Waals surface area contributed by atoms with Crippen molar-refractivity contribution in [3.8, 4) is 23.7 Å². The smallest absolute Gasteiger partial charge is 0.120 e. The average molecular weight is 150 g/mol. The fourth-order valence-electron chi connectivity index (χ4n) is 0.445. The van der Waals surface area contributed by atoms with Crippen molar-refractivity contribution < 1.29 is 9.90 Å². The van der Waals surface area contributed by atoms with Gasteiger partial charge >= 0.3 is 0 Å². The van der Waals surface area contributed by atoms with E-state index in [4.69, 9.17) is 5.11 Å². The number of carbonyl (C=O) groups is 1. The van der Waals surface area contributed by atoms with Gasteiger partial charge in [0.05, 0.1) is 6.42 Å². The van der Waals surface area contributed by atoms with Gasteiger partial charge in [0.2, 0.25) is 0 Å². The summed E-state index contributed by atoms with van der Waals surface area (Å²) in [4.78, 5) is 9.81. The molecule has 0 aliphatic carbocycles. The minimum absolute atomic E-state index is 0.115. The Labute approximate surface area is 66.6 Å². The van der Waals surface area contributed by atoms with Crippen LogP contribution in [0.5, 0.6) is 0 Å². The summed E-state index contributed by atoms with van der Waals surface area (Å²) >= 11 is 0. The van der Waals surface area contributed by atoms with E-state index in [1.165, 1.54) is 0 Å². The van der Waals surface area contributed by atoms with Crippen molar-refractivity contribution in [3.63, 3.8) is 0 Å². The molecular weight excluding hydrogens is 140 g/mol. The van der Waals surface area contributed by atoms with E-state index >= 15 is 0 Å². The van der Waals surface area contributed by atoms with Crippen molar-refractivity contribution in [2.45, 2.75) is 19.3 Å². The average Bonchev–Trinajstić information content (AvgIpc) is 2.03. The molecule has 0 atom stereocenters. The molecule has 0 aromatic carbocycles. The van der Waals surface area contributed by atoms with Crippen LogP contribution in [0.4, 0.5) is 0 Å². The summed E-state index contributed by atoms with van der Waals surface area (Å²) in [5, 5.41) is 8.24. The van der Waals surface area contributed by atoms with Crippen LogP contribution < -0.4 is 0 Å². The Morgan fingerprint density at radius 1 is 1.18 bits per heavy atom. The van der Waals surface area contributed by atoms with Crippen LogP contribution in [0, 0.1) is 23.7 Å². The fraction of sp³-hybridized carbons (Fsp3) is 0.444. The van der Waals surface area contributed by atoms with Crippen molar-refractivity contribution in [3.05, 3.63) is 0 Å². The number of hydrogen-bond donors (Lipinski definition) is 1. The van der Waals surface area contributed by atoms with Crippen LogP contribution in [0.15, 0.2) is 0 Å². The van der Waals surface area contributed by atoms with E-state index in [9.17, 15) is 4.79 Å². The molecule has 0 fully saturated rings. The molecule has 2 heteroatoms. The van der Waals surface area contributed by atoms with E-state index in [2.05, 4.69) is 23.7 Å². The third kappa shape index (κ3) is 8.75. The van der Waals surface area contributed by atoms with Crippen molar-refractivity contribution in [2.24, 2.45) is 0 Å². The van der Waals surface area contributed by atoms with E-state index in [-0.39, 0.29) is 6.61 Å². The Kier molecular flexibility index (Phi) is 7.76. The zero-order valence-electron chi connectivity index (χ0n) is 6.26. The number of rotatable bonds is 2. The lowest BCUT2D eigenvalue weighted by molar-refractivity contribution is -0.107. The van der Waals surface area contributed by atoms with E-state index < -0.39 is 0 Å². The topological polar surface area (TPSA) is 37.3 Å². The molecule has 0 heterocycles. The molecular formula is C9H10O2. The zero-order chi connectivity index (χ0) is 8.36. The summed E-state index contributed by atoms with van der Waals surface area (Å²) in [5.41, 5.74) is 0. The van der Waals surface area contributed by atoms with Crippen molar-refractivity contribution in [2.75, 3.05) is 6.61 Å². The zero-order valence-corrected chi connectivity index (χ0v) is 6.26. The van der Waals surface area contributed by atoms with Crippen LogP contribution in [0.25, 0.3) is 0 Å². The van der Waals surface area contributed by atoms with Gasteiger partial charge in [-0.2, -0.15) is 0 Å². The monoisotopic (exact) mass is 150 g/mol. The van der Waals surface area contributed by atoms with Crippen LogP contribution in [0.2, 0.25) is 0 Å². The number of aliphatic hydroxyl groups is 1. The Morgan fingerprint density at radius 2 is 1.91 bits per heavy atom. The van der Waals surface area contributed by atoms with Crippen LogP contribution in [-0.4, -0.2) is 18.0 Å². The second-order valence-electron chi connectivity index (χ2n) is 1.75. The summed E-state index contributed by atoms with van der Waals surface area (Å²) in [7, 11) is 0. The fourth-order valence-corrected chi connectivity index (χ4v) is 0.445. The molecule has 0 saturated carbocycles. The second-order valence-corrected chi connectivity index (χ2v) is 1.75. The van der Waals surface area contributed by atoms with Crippen LogP contribution in [0.3, 0.4) is 0 Å². The molecule has 11 heavy (non-hydrogen) atoms. The number of aliphatic hydroxyl groups excluding tert-OH is 1. The molecule has 0 bridgehead atoms. The van der Waals surface area contributed by atoms with E-state index in [0.29, 0.717) is 19.3 Å². The van der Waals surface area contributed by atoms with Crippen LogP contribution in [-0.2, 0) is 4.79 Å². The third-order valence-electron chi connectivity index (χ3n) is 0.893. The molecule has 0 aromatic heterocycles. The quantitative estimate of drug-likeness (QED) is 0.350.